The third-order valence-corrected chi connectivity index (χ3v) is 5.23. The van der Waals surface area contributed by atoms with E-state index in [-0.39, 0.29) is 17.7 Å². The van der Waals surface area contributed by atoms with E-state index in [2.05, 4.69) is 10.3 Å². The number of hydrogen-bond acceptors (Lipinski definition) is 5. The summed E-state index contributed by atoms with van der Waals surface area (Å²) in [6.45, 7) is 1.17. The van der Waals surface area contributed by atoms with E-state index in [1.165, 1.54) is 11.3 Å². The van der Waals surface area contributed by atoms with E-state index < -0.39 is 0 Å². The highest BCUT2D eigenvalue weighted by molar-refractivity contribution is 7.13. The van der Waals surface area contributed by atoms with E-state index in [0.29, 0.717) is 18.2 Å². The summed E-state index contributed by atoms with van der Waals surface area (Å²) in [6.07, 6.45) is 6.72. The Hall–Kier alpha value is -1.99. The Labute approximate surface area is 142 Å². The zero-order valence-electron chi connectivity index (χ0n) is 12.5. The Bertz CT molecular complexity index is 680. The van der Waals surface area contributed by atoms with Crippen molar-refractivity contribution in [2.24, 2.45) is 5.92 Å². The van der Waals surface area contributed by atoms with Crippen molar-refractivity contribution in [1.82, 2.24) is 9.88 Å². The van der Waals surface area contributed by atoms with Crippen LogP contribution < -0.4 is 5.32 Å². The lowest BCUT2D eigenvalue weighted by Gasteiger charge is -2.31. The van der Waals surface area contributed by atoms with E-state index in [1.807, 2.05) is 29.0 Å². The molecule has 1 saturated heterocycles. The van der Waals surface area contributed by atoms with E-state index in [4.69, 9.17) is 0 Å². The molecule has 23 heavy (non-hydrogen) atoms. The predicted octanol–water partition coefficient (Wildman–Crippen LogP) is 3.10. The van der Waals surface area contributed by atoms with Crippen LogP contribution in [0.4, 0.5) is 5.13 Å². The van der Waals surface area contributed by atoms with Crippen LogP contribution in [-0.2, 0) is 9.59 Å². The molecule has 3 heterocycles. The largest absolute Gasteiger partial charge is 0.338 e. The molecule has 0 aliphatic carbocycles. The third kappa shape index (κ3) is 4.27. The maximum absolute atomic E-state index is 12.3. The Morgan fingerprint density at radius 1 is 1.35 bits per heavy atom. The van der Waals surface area contributed by atoms with Crippen molar-refractivity contribution in [3.05, 3.63) is 40.0 Å². The Kier molecular flexibility index (Phi) is 5.19. The number of hydrogen-bond donors (Lipinski definition) is 1. The van der Waals surface area contributed by atoms with Crippen molar-refractivity contribution < 1.29 is 9.59 Å². The maximum Gasteiger partial charge on any atom is 0.246 e. The quantitative estimate of drug-likeness (QED) is 0.865. The summed E-state index contributed by atoms with van der Waals surface area (Å²) < 4.78 is 0. The summed E-state index contributed by atoms with van der Waals surface area (Å²) in [5, 5.41) is 7.22. The van der Waals surface area contributed by atoms with Gasteiger partial charge in [-0.3, -0.25) is 9.59 Å². The number of thiazole rings is 1. The second kappa shape index (κ2) is 7.52. The minimum absolute atomic E-state index is 0.0369. The van der Waals surface area contributed by atoms with Gasteiger partial charge >= 0.3 is 0 Å². The van der Waals surface area contributed by atoms with Crippen molar-refractivity contribution in [2.75, 3.05) is 18.4 Å². The van der Waals surface area contributed by atoms with E-state index in [9.17, 15) is 9.59 Å². The van der Waals surface area contributed by atoms with Gasteiger partial charge in [0.2, 0.25) is 11.8 Å². The summed E-state index contributed by atoms with van der Waals surface area (Å²) in [4.78, 5) is 31.4. The number of nitrogens with zero attached hydrogens (tertiary/aromatic N) is 2. The van der Waals surface area contributed by atoms with Gasteiger partial charge in [0.15, 0.2) is 5.13 Å². The first-order chi connectivity index (χ1) is 11.2. The van der Waals surface area contributed by atoms with Gasteiger partial charge < -0.3 is 10.2 Å². The highest BCUT2D eigenvalue weighted by Gasteiger charge is 2.27. The van der Waals surface area contributed by atoms with Crippen LogP contribution in [0.15, 0.2) is 35.2 Å². The van der Waals surface area contributed by atoms with Gasteiger partial charge in [-0.15, -0.1) is 22.7 Å². The van der Waals surface area contributed by atoms with Gasteiger partial charge in [0, 0.05) is 35.6 Å². The minimum atomic E-state index is -0.174. The van der Waals surface area contributed by atoms with Crippen LogP contribution in [0.1, 0.15) is 17.7 Å². The Balaban J connectivity index is 1.57. The van der Waals surface area contributed by atoms with Crippen LogP contribution in [0.5, 0.6) is 0 Å². The Morgan fingerprint density at radius 2 is 2.26 bits per heavy atom. The zero-order chi connectivity index (χ0) is 16.1. The molecule has 0 spiro atoms. The number of rotatable bonds is 4. The highest BCUT2D eigenvalue weighted by atomic mass is 32.1. The summed E-state index contributed by atoms with van der Waals surface area (Å²) >= 11 is 2.99. The van der Waals surface area contributed by atoms with Crippen molar-refractivity contribution in [1.29, 1.82) is 0 Å². The molecule has 2 amide bonds. The number of thiophene rings is 1. The minimum Gasteiger partial charge on any atom is -0.338 e. The first kappa shape index (κ1) is 15.9. The monoisotopic (exact) mass is 347 g/mol. The number of aromatic nitrogens is 1. The number of nitrogens with one attached hydrogen (secondary N) is 1. The van der Waals surface area contributed by atoms with Gasteiger partial charge in [0.05, 0.1) is 5.92 Å². The standard InChI is InChI=1S/C16H17N3O2S2/c20-14(6-5-13-4-2-9-22-13)19-8-1-3-12(11-19)15(21)18-16-17-7-10-23-16/h2,4-7,9-10,12H,1,3,8,11H2,(H,17,18,21)/b6-5-/t12-/m1/s1. The van der Waals surface area contributed by atoms with Crippen LogP contribution >= 0.6 is 22.7 Å². The molecule has 1 aliphatic rings. The molecule has 2 aromatic rings. The molecule has 120 valence electrons. The Morgan fingerprint density at radius 3 is 3.00 bits per heavy atom. The summed E-state index contributed by atoms with van der Waals surface area (Å²) in [7, 11) is 0. The van der Waals surface area contributed by atoms with Gasteiger partial charge in [-0.25, -0.2) is 4.98 Å². The fourth-order valence-corrected chi connectivity index (χ4v) is 3.68. The molecule has 1 N–H and O–H groups in total. The lowest BCUT2D eigenvalue weighted by Crippen LogP contribution is -2.43. The second-order valence-corrected chi connectivity index (χ2v) is 7.17. The molecule has 0 radical (unpaired) electrons. The third-order valence-electron chi connectivity index (χ3n) is 3.70. The van der Waals surface area contributed by atoms with Crippen molar-refractivity contribution in [2.45, 2.75) is 12.8 Å². The first-order valence-electron chi connectivity index (χ1n) is 7.43. The predicted molar refractivity (Wildman–Crippen MR) is 93.4 cm³/mol. The van der Waals surface area contributed by atoms with Gasteiger partial charge in [0.25, 0.3) is 0 Å². The fraction of sp³-hybridized carbons (Fsp3) is 0.312. The molecule has 2 aromatic heterocycles. The summed E-state index contributed by atoms with van der Waals surface area (Å²) in [5.41, 5.74) is 0. The lowest BCUT2D eigenvalue weighted by atomic mass is 9.97. The first-order valence-corrected chi connectivity index (χ1v) is 9.19. The second-order valence-electron chi connectivity index (χ2n) is 5.30. The summed E-state index contributed by atoms with van der Waals surface area (Å²) in [6, 6.07) is 3.92. The van der Waals surface area contributed by atoms with Crippen molar-refractivity contribution in [3.8, 4) is 0 Å². The van der Waals surface area contributed by atoms with Gasteiger partial charge in [-0.2, -0.15) is 0 Å². The number of likely N-dealkylation sites (tertiary alicyclic amines) is 1. The molecule has 7 heteroatoms. The van der Waals surface area contributed by atoms with Gasteiger partial charge in [0.1, 0.15) is 0 Å². The van der Waals surface area contributed by atoms with Crippen LogP contribution in [-0.4, -0.2) is 34.8 Å². The number of piperidine rings is 1. The molecule has 1 fully saturated rings. The topological polar surface area (TPSA) is 62.3 Å². The van der Waals surface area contributed by atoms with Crippen molar-refractivity contribution >= 4 is 45.7 Å². The molecule has 0 unspecified atom stereocenters. The van der Waals surface area contributed by atoms with Crippen LogP contribution in [0.25, 0.3) is 6.08 Å². The number of amides is 2. The lowest BCUT2D eigenvalue weighted by molar-refractivity contribution is -0.130. The van der Waals surface area contributed by atoms with Gasteiger partial charge in [-0.05, 0) is 30.4 Å². The van der Waals surface area contributed by atoms with E-state index in [0.717, 1.165) is 17.7 Å². The normalized spacial score (nSPS) is 18.3. The number of carbonyl (C=O) groups is 2. The average Bonchev–Trinajstić information content (AvgIpc) is 3.26. The van der Waals surface area contributed by atoms with Crippen LogP contribution in [0.3, 0.4) is 0 Å². The average molecular weight is 347 g/mol. The van der Waals surface area contributed by atoms with Crippen molar-refractivity contribution in [3.63, 3.8) is 0 Å². The SMILES string of the molecule is O=C(Nc1nccs1)[C@@H]1CCCN(C(=O)/C=C\c2cccs2)C1. The fourth-order valence-electron chi connectivity index (χ4n) is 2.53. The maximum atomic E-state index is 12.3. The van der Waals surface area contributed by atoms with Crippen LogP contribution in [0.2, 0.25) is 0 Å². The van der Waals surface area contributed by atoms with E-state index >= 15 is 0 Å². The molecular weight excluding hydrogens is 330 g/mol. The smallest absolute Gasteiger partial charge is 0.246 e. The molecular formula is C16H17N3O2S2. The molecule has 1 aliphatic heterocycles. The van der Waals surface area contributed by atoms with E-state index in [1.54, 1.807) is 28.5 Å². The number of carbonyl (C=O) groups excluding carboxylic acids is 2. The molecule has 0 aromatic carbocycles. The van der Waals surface area contributed by atoms with Crippen LogP contribution in [0, 0.1) is 5.92 Å². The molecule has 5 nitrogen and oxygen atoms in total. The summed E-state index contributed by atoms with van der Waals surface area (Å²) in [5.74, 6) is -0.267. The number of anilines is 1. The highest BCUT2D eigenvalue weighted by Crippen LogP contribution is 2.20. The molecule has 0 bridgehead atoms. The van der Waals surface area contributed by atoms with Gasteiger partial charge in [-0.1, -0.05) is 6.07 Å². The molecule has 1 atom stereocenters. The zero-order valence-corrected chi connectivity index (χ0v) is 14.1. The molecule has 3 rings (SSSR count). The molecule has 0 saturated carbocycles.